The second kappa shape index (κ2) is 7.91. The van der Waals surface area contributed by atoms with Gasteiger partial charge in [-0.2, -0.15) is 13.2 Å². The molecule has 1 aromatic carbocycles. The molecule has 0 bridgehead atoms. The minimum Gasteiger partial charge on any atom is -0.391 e. The maximum Gasteiger partial charge on any atom is 0.433 e. The molecule has 2 N–H and O–H groups in total. The number of anilines is 3. The van der Waals surface area contributed by atoms with Crippen molar-refractivity contribution in [1.29, 1.82) is 0 Å². The molecule has 0 amide bonds. The van der Waals surface area contributed by atoms with Crippen molar-refractivity contribution in [3.05, 3.63) is 60.2 Å². The van der Waals surface area contributed by atoms with Crippen LogP contribution in [-0.2, 0) is 6.18 Å². The van der Waals surface area contributed by atoms with Gasteiger partial charge in [0.2, 0.25) is 5.95 Å². The standard InChI is InChI=1S/C21H20F3N5O/c1-13-6-14(15-9-17(11-25-10-15)29-5-3-18(30)12-29)8-16(7-13)27-20-26-4-2-19(28-20)21(22,23)24/h2,4,6-11,18,30H,3,5,12H2,1H3,(H,26,27,28). The molecule has 1 fully saturated rings. The summed E-state index contributed by atoms with van der Waals surface area (Å²) in [4.78, 5) is 13.8. The molecule has 0 aliphatic carbocycles. The number of hydrogen-bond donors (Lipinski definition) is 2. The summed E-state index contributed by atoms with van der Waals surface area (Å²) in [6.07, 6.45) is 0.414. The molecule has 9 heteroatoms. The highest BCUT2D eigenvalue weighted by atomic mass is 19.4. The van der Waals surface area contributed by atoms with Gasteiger partial charge in [0.25, 0.3) is 0 Å². The van der Waals surface area contributed by atoms with Crippen LogP contribution in [0.5, 0.6) is 0 Å². The van der Waals surface area contributed by atoms with Crippen LogP contribution < -0.4 is 10.2 Å². The molecule has 0 saturated carbocycles. The van der Waals surface area contributed by atoms with E-state index < -0.39 is 11.9 Å². The molecule has 1 aliphatic rings. The van der Waals surface area contributed by atoms with Crippen molar-refractivity contribution >= 4 is 17.3 Å². The van der Waals surface area contributed by atoms with Gasteiger partial charge in [0.15, 0.2) is 0 Å². The Kier molecular flexibility index (Phi) is 5.29. The Bertz CT molecular complexity index is 1060. The number of hydrogen-bond acceptors (Lipinski definition) is 6. The number of aryl methyl sites for hydroxylation is 1. The Labute approximate surface area is 171 Å². The highest BCUT2D eigenvalue weighted by Gasteiger charge is 2.32. The minimum atomic E-state index is -4.54. The zero-order valence-corrected chi connectivity index (χ0v) is 16.2. The molecule has 0 radical (unpaired) electrons. The van der Waals surface area contributed by atoms with Crippen LogP contribution in [0.25, 0.3) is 11.1 Å². The van der Waals surface area contributed by atoms with E-state index in [2.05, 4.69) is 25.2 Å². The van der Waals surface area contributed by atoms with E-state index in [9.17, 15) is 18.3 Å². The highest BCUT2D eigenvalue weighted by Crippen LogP contribution is 2.31. The average molecular weight is 415 g/mol. The number of aromatic nitrogens is 3. The van der Waals surface area contributed by atoms with Crippen molar-refractivity contribution in [2.75, 3.05) is 23.3 Å². The van der Waals surface area contributed by atoms with Gasteiger partial charge in [0.05, 0.1) is 18.0 Å². The fourth-order valence-corrected chi connectivity index (χ4v) is 3.46. The quantitative estimate of drug-likeness (QED) is 0.666. The second-order valence-corrected chi connectivity index (χ2v) is 7.30. The van der Waals surface area contributed by atoms with Crippen LogP contribution in [0, 0.1) is 6.92 Å². The zero-order chi connectivity index (χ0) is 21.3. The first-order chi connectivity index (χ1) is 14.3. The minimum absolute atomic E-state index is 0.126. The maximum atomic E-state index is 12.9. The first kappa shape index (κ1) is 20.1. The number of β-amino-alcohol motifs (C(OH)–C–C–N with tert-alkyl or cyclic N) is 1. The molecule has 1 aliphatic heterocycles. The molecule has 2 aromatic heterocycles. The molecule has 1 unspecified atom stereocenters. The Morgan fingerprint density at radius 3 is 2.70 bits per heavy atom. The topological polar surface area (TPSA) is 74.2 Å². The van der Waals surface area contributed by atoms with Gasteiger partial charge in [-0.3, -0.25) is 4.98 Å². The molecule has 1 atom stereocenters. The third kappa shape index (κ3) is 4.51. The normalized spacial score (nSPS) is 16.7. The van der Waals surface area contributed by atoms with E-state index in [0.29, 0.717) is 12.2 Å². The van der Waals surface area contributed by atoms with Crippen molar-refractivity contribution in [1.82, 2.24) is 15.0 Å². The van der Waals surface area contributed by atoms with Crippen LogP contribution in [0.15, 0.2) is 48.9 Å². The number of alkyl halides is 3. The third-order valence-electron chi connectivity index (χ3n) is 4.87. The average Bonchev–Trinajstić information content (AvgIpc) is 3.14. The number of halogens is 3. The summed E-state index contributed by atoms with van der Waals surface area (Å²) in [7, 11) is 0. The van der Waals surface area contributed by atoms with Crippen molar-refractivity contribution in [3.63, 3.8) is 0 Å². The van der Waals surface area contributed by atoms with Gasteiger partial charge in [0, 0.05) is 36.7 Å². The molecular weight excluding hydrogens is 395 g/mol. The highest BCUT2D eigenvalue weighted by molar-refractivity contribution is 5.73. The molecule has 1 saturated heterocycles. The zero-order valence-electron chi connectivity index (χ0n) is 16.2. The van der Waals surface area contributed by atoms with Crippen molar-refractivity contribution in [2.24, 2.45) is 0 Å². The lowest BCUT2D eigenvalue weighted by Gasteiger charge is -2.18. The molecule has 4 rings (SSSR count). The number of benzene rings is 1. The maximum absolute atomic E-state index is 12.9. The molecule has 30 heavy (non-hydrogen) atoms. The Balaban J connectivity index is 1.61. The number of aliphatic hydroxyl groups excluding tert-OH is 1. The first-order valence-corrected chi connectivity index (χ1v) is 9.45. The van der Waals surface area contributed by atoms with Crippen LogP contribution in [0.4, 0.5) is 30.5 Å². The lowest BCUT2D eigenvalue weighted by molar-refractivity contribution is -0.141. The van der Waals surface area contributed by atoms with Crippen LogP contribution in [0.1, 0.15) is 17.7 Å². The monoisotopic (exact) mass is 415 g/mol. The Morgan fingerprint density at radius 1 is 1.13 bits per heavy atom. The predicted octanol–water partition coefficient (Wildman–Crippen LogP) is 4.18. The van der Waals surface area contributed by atoms with Gasteiger partial charge in [-0.1, -0.05) is 6.07 Å². The number of rotatable bonds is 4. The van der Waals surface area contributed by atoms with Gasteiger partial charge in [-0.15, -0.1) is 0 Å². The smallest absolute Gasteiger partial charge is 0.391 e. The molecule has 3 aromatic rings. The molecule has 0 spiro atoms. The number of nitrogens with one attached hydrogen (secondary N) is 1. The molecule has 3 heterocycles. The van der Waals surface area contributed by atoms with Crippen LogP contribution in [0.2, 0.25) is 0 Å². The predicted molar refractivity (Wildman–Crippen MR) is 108 cm³/mol. The Morgan fingerprint density at radius 2 is 1.97 bits per heavy atom. The van der Waals surface area contributed by atoms with E-state index in [0.717, 1.165) is 47.6 Å². The van der Waals surface area contributed by atoms with E-state index in [-0.39, 0.29) is 12.1 Å². The van der Waals surface area contributed by atoms with Gasteiger partial charge in [0.1, 0.15) is 5.69 Å². The van der Waals surface area contributed by atoms with Gasteiger partial charge >= 0.3 is 6.18 Å². The van der Waals surface area contributed by atoms with Gasteiger partial charge < -0.3 is 15.3 Å². The summed E-state index contributed by atoms with van der Waals surface area (Å²) >= 11 is 0. The summed E-state index contributed by atoms with van der Waals surface area (Å²) in [6.45, 7) is 3.23. The number of pyridine rings is 1. The SMILES string of the molecule is Cc1cc(Nc2nccc(C(F)(F)F)n2)cc(-c2cncc(N3CCC(O)C3)c2)c1. The van der Waals surface area contributed by atoms with Crippen molar-refractivity contribution in [2.45, 2.75) is 25.6 Å². The lowest BCUT2D eigenvalue weighted by Crippen LogP contribution is -2.21. The summed E-state index contributed by atoms with van der Waals surface area (Å²) in [5.41, 5.74) is 3.14. The van der Waals surface area contributed by atoms with E-state index >= 15 is 0 Å². The first-order valence-electron chi connectivity index (χ1n) is 9.45. The van der Waals surface area contributed by atoms with Gasteiger partial charge in [-0.25, -0.2) is 9.97 Å². The van der Waals surface area contributed by atoms with Gasteiger partial charge in [-0.05, 0) is 48.7 Å². The number of nitrogens with zero attached hydrogens (tertiary/aromatic N) is 4. The number of aliphatic hydroxyl groups is 1. The fraction of sp³-hybridized carbons (Fsp3) is 0.286. The summed E-state index contributed by atoms with van der Waals surface area (Å²) in [5, 5.41) is 12.6. The molecule has 6 nitrogen and oxygen atoms in total. The fourth-order valence-electron chi connectivity index (χ4n) is 3.46. The molecule has 156 valence electrons. The van der Waals surface area contributed by atoms with Crippen molar-refractivity contribution < 1.29 is 18.3 Å². The van der Waals surface area contributed by atoms with Crippen LogP contribution in [-0.4, -0.2) is 39.3 Å². The van der Waals surface area contributed by atoms with E-state index in [1.54, 1.807) is 18.5 Å². The van der Waals surface area contributed by atoms with Crippen LogP contribution >= 0.6 is 0 Å². The van der Waals surface area contributed by atoms with Crippen LogP contribution in [0.3, 0.4) is 0 Å². The summed E-state index contributed by atoms with van der Waals surface area (Å²) in [6, 6.07) is 8.42. The summed E-state index contributed by atoms with van der Waals surface area (Å²) < 4.78 is 38.7. The third-order valence-corrected chi connectivity index (χ3v) is 4.87. The Hall–Kier alpha value is -3.20. The lowest BCUT2D eigenvalue weighted by atomic mass is 10.0. The second-order valence-electron chi connectivity index (χ2n) is 7.30. The molecular formula is C21H20F3N5O. The largest absolute Gasteiger partial charge is 0.433 e. The summed E-state index contributed by atoms with van der Waals surface area (Å²) in [5.74, 6) is -0.126. The van der Waals surface area contributed by atoms with E-state index in [1.807, 2.05) is 25.1 Å². The van der Waals surface area contributed by atoms with Crippen molar-refractivity contribution in [3.8, 4) is 11.1 Å². The van der Waals surface area contributed by atoms with E-state index in [1.165, 1.54) is 0 Å². The van der Waals surface area contributed by atoms with E-state index in [4.69, 9.17) is 0 Å².